The molecular formula is C20H15ClN2O3S. The molecule has 0 radical (unpaired) electrons. The lowest BCUT2D eigenvalue weighted by molar-refractivity contribution is 0.0739. The molecule has 0 saturated heterocycles. The first-order valence-electron chi connectivity index (χ1n) is 7.98. The van der Waals surface area contributed by atoms with E-state index in [1.54, 1.807) is 54.6 Å². The molecule has 1 heterocycles. The predicted octanol–water partition coefficient (Wildman–Crippen LogP) is 4.69. The van der Waals surface area contributed by atoms with Gasteiger partial charge in [-0.2, -0.15) is 5.10 Å². The number of rotatable bonds is 5. The molecule has 5 nitrogen and oxygen atoms in total. The molecule has 3 rings (SSSR count). The molecule has 0 unspecified atom stereocenters. The molecule has 0 saturated carbocycles. The van der Waals surface area contributed by atoms with E-state index < -0.39 is 11.9 Å². The molecule has 0 fully saturated rings. The maximum atomic E-state index is 12.1. The Morgan fingerprint density at radius 1 is 1.15 bits per heavy atom. The van der Waals surface area contributed by atoms with E-state index in [-0.39, 0.29) is 0 Å². The van der Waals surface area contributed by atoms with Gasteiger partial charge in [0, 0.05) is 0 Å². The second-order valence-corrected chi connectivity index (χ2v) is 6.97. The minimum absolute atomic E-state index is 0.357. The maximum absolute atomic E-state index is 12.1. The van der Waals surface area contributed by atoms with E-state index in [2.05, 4.69) is 10.5 Å². The summed E-state index contributed by atoms with van der Waals surface area (Å²) < 4.78 is 5.28. The number of esters is 1. The number of carbonyl (C=O) groups excluding carboxylic acids is 2. The lowest BCUT2D eigenvalue weighted by atomic mass is 10.1. The number of nitrogens with one attached hydrogen (secondary N) is 1. The summed E-state index contributed by atoms with van der Waals surface area (Å²) in [5, 5.41) is 6.11. The van der Waals surface area contributed by atoms with Crippen molar-refractivity contribution >= 4 is 41.0 Å². The van der Waals surface area contributed by atoms with Crippen LogP contribution in [0.25, 0.3) is 0 Å². The molecule has 2 aromatic carbocycles. The van der Waals surface area contributed by atoms with Crippen molar-refractivity contribution in [2.45, 2.75) is 6.92 Å². The van der Waals surface area contributed by atoms with E-state index in [1.165, 1.54) is 17.6 Å². The molecule has 0 atom stereocenters. The highest BCUT2D eigenvalue weighted by Gasteiger charge is 2.10. The van der Waals surface area contributed by atoms with Gasteiger partial charge < -0.3 is 4.74 Å². The predicted molar refractivity (Wildman–Crippen MR) is 107 cm³/mol. The average Bonchev–Trinajstić information content (AvgIpc) is 3.18. The summed E-state index contributed by atoms with van der Waals surface area (Å²) in [4.78, 5) is 24.5. The SMILES string of the molecule is Cc1ccc(C(=O)NN=Cc2ccc(OC(=O)c3cccs3)cc2)c(Cl)c1. The van der Waals surface area contributed by atoms with Crippen LogP contribution in [-0.4, -0.2) is 18.1 Å². The molecule has 1 N–H and O–H groups in total. The number of aryl methyl sites for hydroxylation is 1. The zero-order chi connectivity index (χ0) is 19.2. The molecule has 3 aromatic rings. The van der Waals surface area contributed by atoms with E-state index in [0.717, 1.165) is 11.1 Å². The molecule has 0 aliphatic heterocycles. The van der Waals surface area contributed by atoms with E-state index in [1.807, 2.05) is 12.3 Å². The van der Waals surface area contributed by atoms with Crippen LogP contribution in [0.5, 0.6) is 5.75 Å². The Morgan fingerprint density at radius 2 is 1.93 bits per heavy atom. The van der Waals surface area contributed by atoms with E-state index in [4.69, 9.17) is 16.3 Å². The van der Waals surface area contributed by atoms with Crippen molar-refractivity contribution in [1.29, 1.82) is 0 Å². The monoisotopic (exact) mass is 398 g/mol. The summed E-state index contributed by atoms with van der Waals surface area (Å²) in [5.41, 5.74) is 4.50. The summed E-state index contributed by atoms with van der Waals surface area (Å²) in [6.07, 6.45) is 1.49. The number of amides is 1. The van der Waals surface area contributed by atoms with Gasteiger partial charge in [-0.25, -0.2) is 10.2 Å². The van der Waals surface area contributed by atoms with E-state index in [9.17, 15) is 9.59 Å². The largest absolute Gasteiger partial charge is 0.422 e. The molecule has 0 aliphatic rings. The second-order valence-electron chi connectivity index (χ2n) is 5.62. The zero-order valence-corrected chi connectivity index (χ0v) is 15.9. The minimum atomic E-state index is -0.395. The van der Waals surface area contributed by atoms with Crippen molar-refractivity contribution in [2.75, 3.05) is 0 Å². The van der Waals surface area contributed by atoms with Crippen LogP contribution >= 0.6 is 22.9 Å². The Morgan fingerprint density at radius 3 is 2.59 bits per heavy atom. The number of carbonyl (C=O) groups is 2. The van der Waals surface area contributed by atoms with Gasteiger partial charge in [0.15, 0.2) is 0 Å². The van der Waals surface area contributed by atoms with Gasteiger partial charge in [0.1, 0.15) is 10.6 Å². The molecule has 0 spiro atoms. The fraction of sp³-hybridized carbons (Fsp3) is 0.0500. The fourth-order valence-electron chi connectivity index (χ4n) is 2.20. The number of thiophene rings is 1. The Balaban J connectivity index is 1.57. The van der Waals surface area contributed by atoms with Crippen LogP contribution in [0.4, 0.5) is 0 Å². The van der Waals surface area contributed by atoms with Crippen LogP contribution in [0.1, 0.15) is 31.2 Å². The highest BCUT2D eigenvalue weighted by Crippen LogP contribution is 2.18. The quantitative estimate of drug-likeness (QED) is 0.293. The van der Waals surface area contributed by atoms with Gasteiger partial charge >= 0.3 is 5.97 Å². The third-order valence-electron chi connectivity index (χ3n) is 3.56. The topological polar surface area (TPSA) is 67.8 Å². The van der Waals surface area contributed by atoms with Gasteiger partial charge in [0.25, 0.3) is 5.91 Å². The highest BCUT2D eigenvalue weighted by atomic mass is 35.5. The number of nitrogens with zero attached hydrogens (tertiary/aromatic N) is 1. The van der Waals surface area contributed by atoms with Crippen molar-refractivity contribution in [3.05, 3.63) is 86.6 Å². The Labute approximate surface area is 165 Å². The molecule has 0 bridgehead atoms. The summed E-state index contributed by atoms with van der Waals surface area (Å²) in [6.45, 7) is 1.90. The molecule has 0 aliphatic carbocycles. The van der Waals surface area contributed by atoms with Gasteiger partial charge in [0.05, 0.1) is 16.8 Å². The Kier molecular flexibility index (Phi) is 6.01. The normalized spacial score (nSPS) is 10.7. The van der Waals surface area contributed by atoms with Gasteiger partial charge in [-0.15, -0.1) is 11.3 Å². The van der Waals surface area contributed by atoms with Crippen LogP contribution < -0.4 is 10.2 Å². The average molecular weight is 399 g/mol. The lowest BCUT2D eigenvalue weighted by Gasteiger charge is -2.04. The van der Waals surface area contributed by atoms with Crippen LogP contribution in [0.3, 0.4) is 0 Å². The van der Waals surface area contributed by atoms with Crippen molar-refractivity contribution in [2.24, 2.45) is 5.10 Å². The van der Waals surface area contributed by atoms with E-state index >= 15 is 0 Å². The second kappa shape index (κ2) is 8.62. The molecule has 1 aromatic heterocycles. The number of hydrogen-bond acceptors (Lipinski definition) is 5. The lowest BCUT2D eigenvalue weighted by Crippen LogP contribution is -2.18. The summed E-state index contributed by atoms with van der Waals surface area (Å²) in [7, 11) is 0. The number of hydrogen-bond donors (Lipinski definition) is 1. The number of ether oxygens (including phenoxy) is 1. The highest BCUT2D eigenvalue weighted by molar-refractivity contribution is 7.12. The van der Waals surface area contributed by atoms with Crippen LogP contribution in [0.2, 0.25) is 5.02 Å². The first kappa shape index (κ1) is 18.8. The Bertz CT molecular complexity index is 983. The fourth-order valence-corrected chi connectivity index (χ4v) is 3.12. The molecule has 1 amide bonds. The molecule has 27 heavy (non-hydrogen) atoms. The van der Waals surface area contributed by atoms with Gasteiger partial charge in [-0.1, -0.05) is 23.7 Å². The summed E-state index contributed by atoms with van der Waals surface area (Å²) >= 11 is 7.38. The van der Waals surface area contributed by atoms with E-state index in [0.29, 0.717) is 21.2 Å². The number of benzene rings is 2. The first-order valence-corrected chi connectivity index (χ1v) is 9.24. The van der Waals surface area contributed by atoms with Crippen molar-refractivity contribution in [3.63, 3.8) is 0 Å². The van der Waals surface area contributed by atoms with Gasteiger partial charge in [-0.05, 0) is 65.9 Å². The van der Waals surface area contributed by atoms with Crippen molar-refractivity contribution in [3.8, 4) is 5.75 Å². The summed E-state index contributed by atoms with van der Waals surface area (Å²) in [6, 6.07) is 15.4. The van der Waals surface area contributed by atoms with Crippen LogP contribution in [-0.2, 0) is 0 Å². The number of halogens is 1. The third kappa shape index (κ3) is 5.03. The first-order chi connectivity index (χ1) is 13.0. The van der Waals surface area contributed by atoms with Gasteiger partial charge in [-0.3, -0.25) is 4.79 Å². The van der Waals surface area contributed by atoms with Crippen LogP contribution in [0, 0.1) is 6.92 Å². The zero-order valence-electron chi connectivity index (χ0n) is 14.3. The smallest absolute Gasteiger partial charge is 0.353 e. The Hall–Kier alpha value is -2.96. The standard InChI is InChI=1S/C20H15ClN2O3S/c1-13-4-9-16(17(21)11-13)19(24)23-22-12-14-5-7-15(8-6-14)26-20(25)18-3-2-10-27-18/h2-12H,1H3,(H,23,24). The third-order valence-corrected chi connectivity index (χ3v) is 4.72. The van der Waals surface area contributed by atoms with Crippen LogP contribution in [0.15, 0.2) is 65.1 Å². The molecular weight excluding hydrogens is 384 g/mol. The van der Waals surface area contributed by atoms with Crippen molar-refractivity contribution in [1.82, 2.24) is 5.43 Å². The molecule has 136 valence electrons. The summed E-state index contributed by atoms with van der Waals surface area (Å²) in [5.74, 6) is -0.354. The minimum Gasteiger partial charge on any atom is -0.422 e. The maximum Gasteiger partial charge on any atom is 0.353 e. The number of hydrazone groups is 1. The van der Waals surface area contributed by atoms with Crippen molar-refractivity contribution < 1.29 is 14.3 Å². The molecule has 7 heteroatoms. The van der Waals surface area contributed by atoms with Gasteiger partial charge in [0.2, 0.25) is 0 Å².